The molecule has 1 saturated carbocycles. The summed E-state index contributed by atoms with van der Waals surface area (Å²) in [7, 11) is 0. The van der Waals surface area contributed by atoms with E-state index in [4.69, 9.17) is 0 Å². The minimum Gasteiger partial charge on any atom is -0.352 e. The average Bonchev–Trinajstić information content (AvgIpc) is 2.66. The zero-order chi connectivity index (χ0) is 10.7. The summed E-state index contributed by atoms with van der Waals surface area (Å²) in [6.07, 6.45) is 7.11. The largest absolute Gasteiger partial charge is 0.352 e. The van der Waals surface area contributed by atoms with Crippen LogP contribution in [-0.4, -0.2) is 24.5 Å². The van der Waals surface area contributed by atoms with Crippen molar-refractivity contribution in [3.63, 3.8) is 0 Å². The minimum absolute atomic E-state index is 0. The van der Waals surface area contributed by atoms with Crippen LogP contribution in [0.4, 0.5) is 0 Å². The van der Waals surface area contributed by atoms with Crippen LogP contribution in [0.25, 0.3) is 0 Å². The molecule has 1 aliphatic heterocycles. The highest BCUT2D eigenvalue weighted by Crippen LogP contribution is 2.25. The second-order valence-corrected chi connectivity index (χ2v) is 5.03. The van der Waals surface area contributed by atoms with Crippen molar-refractivity contribution < 1.29 is 4.79 Å². The number of carbonyl (C=O) groups excluding carboxylic acids is 1. The second kappa shape index (κ2) is 6.45. The number of rotatable bonds is 2. The molecule has 2 N–H and O–H groups in total. The molecule has 1 amide bonds. The van der Waals surface area contributed by atoms with Crippen LogP contribution < -0.4 is 10.6 Å². The van der Waals surface area contributed by atoms with Crippen molar-refractivity contribution in [2.24, 2.45) is 5.92 Å². The molecule has 0 bridgehead atoms. The van der Waals surface area contributed by atoms with E-state index in [2.05, 4.69) is 17.6 Å². The Kier molecular flexibility index (Phi) is 5.56. The molecule has 94 valence electrons. The van der Waals surface area contributed by atoms with Crippen molar-refractivity contribution in [2.45, 2.75) is 57.5 Å². The first-order valence-corrected chi connectivity index (χ1v) is 6.31. The van der Waals surface area contributed by atoms with Crippen molar-refractivity contribution in [1.82, 2.24) is 10.6 Å². The molecule has 1 heterocycles. The number of amides is 1. The topological polar surface area (TPSA) is 41.1 Å². The minimum atomic E-state index is 0. The third-order valence-electron chi connectivity index (χ3n) is 3.82. The fourth-order valence-electron chi connectivity index (χ4n) is 2.72. The summed E-state index contributed by atoms with van der Waals surface area (Å²) < 4.78 is 0. The Morgan fingerprint density at radius 1 is 1.19 bits per heavy atom. The third kappa shape index (κ3) is 3.36. The van der Waals surface area contributed by atoms with Crippen molar-refractivity contribution in [3.05, 3.63) is 0 Å². The van der Waals surface area contributed by atoms with E-state index < -0.39 is 0 Å². The van der Waals surface area contributed by atoms with Gasteiger partial charge < -0.3 is 10.6 Å². The van der Waals surface area contributed by atoms with Crippen molar-refractivity contribution in [1.29, 1.82) is 0 Å². The lowest BCUT2D eigenvalue weighted by Crippen LogP contribution is -2.50. The van der Waals surface area contributed by atoms with E-state index in [1.54, 1.807) is 0 Å². The second-order valence-electron chi connectivity index (χ2n) is 5.03. The molecule has 0 aromatic rings. The van der Waals surface area contributed by atoms with Crippen LogP contribution in [0, 0.1) is 5.92 Å². The average molecular weight is 247 g/mol. The monoisotopic (exact) mass is 246 g/mol. The number of nitrogens with one attached hydrogen (secondary N) is 2. The van der Waals surface area contributed by atoms with Crippen LogP contribution in [0.15, 0.2) is 0 Å². The summed E-state index contributed by atoms with van der Waals surface area (Å²) in [5, 5.41) is 6.49. The number of hydrogen-bond acceptors (Lipinski definition) is 2. The maximum atomic E-state index is 11.9. The highest BCUT2D eigenvalue weighted by molar-refractivity contribution is 5.85. The summed E-state index contributed by atoms with van der Waals surface area (Å²) in [6, 6.07) is 0.507. The van der Waals surface area contributed by atoms with Gasteiger partial charge in [0.25, 0.3) is 0 Å². The molecule has 16 heavy (non-hydrogen) atoms. The molecule has 1 aliphatic carbocycles. The Morgan fingerprint density at radius 3 is 2.56 bits per heavy atom. The van der Waals surface area contributed by atoms with E-state index in [1.807, 2.05) is 0 Å². The van der Waals surface area contributed by atoms with Gasteiger partial charge in [0.15, 0.2) is 0 Å². The summed E-state index contributed by atoms with van der Waals surface area (Å²) in [4.78, 5) is 11.9. The maximum absolute atomic E-state index is 11.9. The van der Waals surface area contributed by atoms with Crippen LogP contribution in [0.1, 0.15) is 45.4 Å². The maximum Gasteiger partial charge on any atom is 0.237 e. The first-order chi connectivity index (χ1) is 7.27. The molecule has 0 radical (unpaired) electrons. The summed E-state index contributed by atoms with van der Waals surface area (Å²) in [5.74, 6) is 0.894. The lowest BCUT2D eigenvalue weighted by Gasteiger charge is -2.25. The summed E-state index contributed by atoms with van der Waals surface area (Å²) >= 11 is 0. The molecule has 3 atom stereocenters. The van der Waals surface area contributed by atoms with Gasteiger partial charge in [0, 0.05) is 6.04 Å². The molecule has 2 aliphatic rings. The van der Waals surface area contributed by atoms with Gasteiger partial charge in [-0.05, 0) is 38.1 Å². The molecule has 3 unspecified atom stereocenters. The zero-order valence-corrected chi connectivity index (χ0v) is 10.8. The quantitative estimate of drug-likeness (QED) is 0.781. The summed E-state index contributed by atoms with van der Waals surface area (Å²) in [6.45, 7) is 3.24. The van der Waals surface area contributed by atoms with E-state index >= 15 is 0 Å². The van der Waals surface area contributed by atoms with Crippen molar-refractivity contribution in [3.8, 4) is 0 Å². The number of hydrogen-bond donors (Lipinski definition) is 2. The molecule has 3 nitrogen and oxygen atoms in total. The number of halogens is 1. The lowest BCUT2D eigenvalue weighted by atomic mass is 10.0. The van der Waals surface area contributed by atoms with Gasteiger partial charge in [-0.15, -0.1) is 12.4 Å². The normalized spacial score (nSPS) is 34.2. The Balaban J connectivity index is 0.00000128. The Morgan fingerprint density at radius 2 is 2.00 bits per heavy atom. The van der Waals surface area contributed by atoms with Gasteiger partial charge in [-0.3, -0.25) is 4.79 Å². The lowest BCUT2D eigenvalue weighted by molar-refractivity contribution is -0.124. The van der Waals surface area contributed by atoms with Gasteiger partial charge in [0.2, 0.25) is 5.91 Å². The fourth-order valence-corrected chi connectivity index (χ4v) is 2.72. The summed E-state index contributed by atoms with van der Waals surface area (Å²) in [5.41, 5.74) is 0. The Bertz CT molecular complexity index is 229. The molecule has 0 aromatic carbocycles. The first kappa shape index (κ1) is 13.8. The molecule has 4 heteroatoms. The van der Waals surface area contributed by atoms with Crippen molar-refractivity contribution >= 4 is 18.3 Å². The molecular weight excluding hydrogens is 224 g/mol. The first-order valence-electron chi connectivity index (χ1n) is 6.31. The highest BCUT2D eigenvalue weighted by atomic mass is 35.5. The van der Waals surface area contributed by atoms with Gasteiger partial charge in [0.1, 0.15) is 0 Å². The van der Waals surface area contributed by atoms with Crippen LogP contribution in [0.3, 0.4) is 0 Å². The predicted octanol–water partition coefficient (Wildman–Crippen LogP) is 1.86. The molecule has 0 spiro atoms. The van der Waals surface area contributed by atoms with E-state index in [9.17, 15) is 4.79 Å². The number of piperidine rings is 1. The van der Waals surface area contributed by atoms with Gasteiger partial charge >= 0.3 is 0 Å². The highest BCUT2D eigenvalue weighted by Gasteiger charge is 2.28. The molecule has 2 fully saturated rings. The van der Waals surface area contributed by atoms with Crippen molar-refractivity contribution in [2.75, 3.05) is 6.54 Å². The smallest absolute Gasteiger partial charge is 0.237 e. The van der Waals surface area contributed by atoms with E-state index in [-0.39, 0.29) is 24.4 Å². The fraction of sp³-hybridized carbons (Fsp3) is 0.917. The van der Waals surface area contributed by atoms with Crippen LogP contribution in [0.5, 0.6) is 0 Å². The van der Waals surface area contributed by atoms with E-state index in [0.29, 0.717) is 12.0 Å². The third-order valence-corrected chi connectivity index (χ3v) is 3.82. The molecule has 0 aromatic heterocycles. The van der Waals surface area contributed by atoms with Crippen LogP contribution in [0.2, 0.25) is 0 Å². The predicted molar refractivity (Wildman–Crippen MR) is 67.8 cm³/mol. The van der Waals surface area contributed by atoms with Gasteiger partial charge in [-0.2, -0.15) is 0 Å². The zero-order valence-electron chi connectivity index (χ0n) is 10.00. The Hall–Kier alpha value is -0.280. The van der Waals surface area contributed by atoms with E-state index in [1.165, 1.54) is 32.1 Å². The van der Waals surface area contributed by atoms with Gasteiger partial charge in [-0.1, -0.05) is 19.8 Å². The Labute approximate surface area is 104 Å². The van der Waals surface area contributed by atoms with Gasteiger partial charge in [0.05, 0.1) is 6.04 Å². The molecule has 1 saturated heterocycles. The molecular formula is C12H23ClN2O. The number of carbonyl (C=O) groups is 1. The van der Waals surface area contributed by atoms with E-state index in [0.717, 1.165) is 13.0 Å². The van der Waals surface area contributed by atoms with Crippen LogP contribution >= 0.6 is 12.4 Å². The van der Waals surface area contributed by atoms with Gasteiger partial charge in [-0.25, -0.2) is 0 Å². The standard InChI is InChI=1S/C12H22N2O.ClH/c1-9-5-4-7-10(9)14-12(15)11-6-2-3-8-13-11;/h9-11,13H,2-8H2,1H3,(H,14,15);1H. The molecule has 2 rings (SSSR count). The van der Waals surface area contributed by atoms with Crippen LogP contribution in [-0.2, 0) is 4.79 Å². The SMILES string of the molecule is CC1CCCC1NC(=O)C1CCCCN1.Cl.